The molecule has 2 atom stereocenters. The van der Waals surface area contributed by atoms with Crippen molar-refractivity contribution in [3.63, 3.8) is 0 Å². The predicted octanol–water partition coefficient (Wildman–Crippen LogP) is 3.32. The van der Waals surface area contributed by atoms with E-state index in [1.165, 1.54) is 29.0 Å². The lowest BCUT2D eigenvalue weighted by atomic mass is 10.0. The van der Waals surface area contributed by atoms with Crippen LogP contribution in [0.25, 0.3) is 0 Å². The molecule has 4 rings (SSSR count). The van der Waals surface area contributed by atoms with Crippen LogP contribution < -0.4 is 5.43 Å². The number of nitrogens with zero attached hydrogens (tertiary/aromatic N) is 2. The Morgan fingerprint density at radius 1 is 1.03 bits per heavy atom. The number of hydrogen-bond acceptors (Lipinski definition) is 4. The van der Waals surface area contributed by atoms with Crippen molar-refractivity contribution in [2.24, 2.45) is 0 Å². The van der Waals surface area contributed by atoms with Gasteiger partial charge in [-0.25, -0.2) is 10.2 Å². The van der Waals surface area contributed by atoms with Crippen molar-refractivity contribution in [3.8, 4) is 0 Å². The highest BCUT2D eigenvalue weighted by molar-refractivity contribution is 7.79. The Labute approximate surface area is 174 Å². The predicted molar refractivity (Wildman–Crippen MR) is 112 cm³/mol. The molecule has 29 heavy (non-hydrogen) atoms. The summed E-state index contributed by atoms with van der Waals surface area (Å²) in [5, 5.41) is 1.43. The van der Waals surface area contributed by atoms with Crippen molar-refractivity contribution in [1.29, 1.82) is 0 Å². The van der Waals surface area contributed by atoms with E-state index in [1.54, 1.807) is 0 Å². The summed E-state index contributed by atoms with van der Waals surface area (Å²) in [6.45, 7) is 1.06. The third kappa shape index (κ3) is 5.04. The zero-order valence-corrected chi connectivity index (χ0v) is 17.1. The van der Waals surface area contributed by atoms with Gasteiger partial charge in [-0.05, 0) is 59.4 Å². The van der Waals surface area contributed by atoms with E-state index in [0.29, 0.717) is 19.0 Å². The third-order valence-electron chi connectivity index (χ3n) is 5.66. The largest absolute Gasteiger partial charge is 0.771 e. The molecule has 1 saturated carbocycles. The zero-order chi connectivity index (χ0) is 20.2. The van der Waals surface area contributed by atoms with Gasteiger partial charge in [0.15, 0.2) is 0 Å². The van der Waals surface area contributed by atoms with Gasteiger partial charge in [0.1, 0.15) is 0 Å². The molecule has 0 aromatic heterocycles. The van der Waals surface area contributed by atoms with Gasteiger partial charge in [-0.1, -0.05) is 54.6 Å². The lowest BCUT2D eigenvalue weighted by Gasteiger charge is -2.23. The maximum absolute atomic E-state index is 12.9. The highest BCUT2D eigenvalue weighted by Crippen LogP contribution is 2.40. The van der Waals surface area contributed by atoms with Gasteiger partial charge in [-0.2, -0.15) is 0 Å². The van der Waals surface area contributed by atoms with Gasteiger partial charge < -0.3 is 9.45 Å². The number of amides is 2. The fraction of sp³-hybridized carbons (Fsp3) is 0.409. The van der Waals surface area contributed by atoms with E-state index < -0.39 is 11.1 Å². The highest BCUT2D eigenvalue weighted by atomic mass is 32.2. The van der Waals surface area contributed by atoms with E-state index in [4.69, 9.17) is 0 Å². The Kier molecular flexibility index (Phi) is 6.28. The quantitative estimate of drug-likeness (QED) is 0.641. The first-order valence-corrected chi connectivity index (χ1v) is 11.4. The molecule has 2 fully saturated rings. The summed E-state index contributed by atoms with van der Waals surface area (Å²) in [7, 11) is 0. The molecule has 1 aliphatic heterocycles. The molecule has 2 aromatic rings. The third-order valence-corrected chi connectivity index (χ3v) is 6.02. The van der Waals surface area contributed by atoms with E-state index in [0.717, 1.165) is 18.4 Å². The van der Waals surface area contributed by atoms with Crippen LogP contribution in [0.2, 0.25) is 0 Å². The number of urea groups is 1. The smallest absolute Gasteiger partial charge is 0.335 e. The molecular formula is C22H26N3O3S-. The molecule has 1 N–H and O–H groups in total. The fourth-order valence-corrected chi connectivity index (χ4v) is 4.20. The number of aryl methyl sites for hydroxylation is 1. The molecule has 2 aromatic carbocycles. The van der Waals surface area contributed by atoms with Crippen molar-refractivity contribution in [2.75, 3.05) is 19.0 Å². The molecule has 1 aliphatic carbocycles. The minimum atomic E-state index is -2.25. The Bertz CT molecular complexity index is 855. The van der Waals surface area contributed by atoms with Crippen LogP contribution in [0, 0.1) is 0 Å². The fourth-order valence-electron chi connectivity index (χ4n) is 3.94. The second-order valence-corrected chi connectivity index (χ2v) is 8.63. The van der Waals surface area contributed by atoms with Gasteiger partial charge in [0.2, 0.25) is 0 Å². The summed E-state index contributed by atoms with van der Waals surface area (Å²) in [4.78, 5) is 14.8. The van der Waals surface area contributed by atoms with Gasteiger partial charge in [0, 0.05) is 6.54 Å². The average Bonchev–Trinajstić information content (AvgIpc) is 3.53. The molecule has 1 unspecified atom stereocenters. The Balaban J connectivity index is 1.45. The second-order valence-electron chi connectivity index (χ2n) is 7.74. The van der Waals surface area contributed by atoms with Gasteiger partial charge in [-0.3, -0.25) is 9.22 Å². The first-order valence-electron chi connectivity index (χ1n) is 10.1. The Morgan fingerprint density at radius 3 is 2.38 bits per heavy atom. The monoisotopic (exact) mass is 412 g/mol. The summed E-state index contributed by atoms with van der Waals surface area (Å²) >= 11 is -2.25. The van der Waals surface area contributed by atoms with Crippen molar-refractivity contribution in [1.82, 2.24) is 15.3 Å². The van der Waals surface area contributed by atoms with Crippen LogP contribution in [0.3, 0.4) is 0 Å². The summed E-state index contributed by atoms with van der Waals surface area (Å²) < 4.78 is 21.8. The molecule has 154 valence electrons. The molecule has 1 saturated heterocycles. The lowest BCUT2D eigenvalue weighted by Crippen LogP contribution is -2.43. The minimum Gasteiger partial charge on any atom is -0.771 e. The molecule has 0 radical (unpaired) electrons. The van der Waals surface area contributed by atoms with Crippen molar-refractivity contribution in [3.05, 3.63) is 71.3 Å². The molecule has 2 aliphatic rings. The van der Waals surface area contributed by atoms with E-state index in [2.05, 4.69) is 41.8 Å². The number of carbonyl (C=O) groups excluding carboxylic acids is 1. The van der Waals surface area contributed by atoms with Crippen LogP contribution in [-0.2, 0) is 17.5 Å². The van der Waals surface area contributed by atoms with Crippen LogP contribution in [0.5, 0.6) is 0 Å². The van der Waals surface area contributed by atoms with E-state index >= 15 is 0 Å². The molecule has 2 amide bonds. The molecule has 0 spiro atoms. The lowest BCUT2D eigenvalue weighted by molar-refractivity contribution is 0.174. The first kappa shape index (κ1) is 20.1. The number of hydrazine groups is 1. The Hall–Kier alpha value is -2.22. The summed E-state index contributed by atoms with van der Waals surface area (Å²) in [6.07, 6.45) is 4.28. The number of benzene rings is 2. The van der Waals surface area contributed by atoms with Crippen LogP contribution in [-0.4, -0.2) is 43.7 Å². The number of nitrogens with one attached hydrogen (secondary N) is 1. The molecule has 7 heteroatoms. The number of carbonyl (C=O) groups is 1. The van der Waals surface area contributed by atoms with Crippen LogP contribution in [0.1, 0.15) is 47.9 Å². The van der Waals surface area contributed by atoms with Gasteiger partial charge >= 0.3 is 6.03 Å². The van der Waals surface area contributed by atoms with Gasteiger partial charge in [0.05, 0.1) is 18.5 Å². The first-order chi connectivity index (χ1) is 14.1. The normalized spacial score (nSPS) is 20.3. The van der Waals surface area contributed by atoms with Crippen molar-refractivity contribution >= 4 is 17.1 Å². The van der Waals surface area contributed by atoms with Crippen molar-refractivity contribution < 1.29 is 13.6 Å². The highest BCUT2D eigenvalue weighted by Gasteiger charge is 2.38. The molecule has 1 heterocycles. The van der Waals surface area contributed by atoms with Crippen LogP contribution in [0.4, 0.5) is 4.79 Å². The standard InChI is InChI=1S/C22H27N3O3S/c26-22-24(14-4-7-17-5-2-1-3-6-17)21(15-25(22)23-16-29(27)28)20-12-10-19(11-13-20)18-8-9-18/h1-3,5-6,10-13,18,21,23H,4,7-9,14-16H2,(H,27,28)/p-1/t21-/m1/s1. The number of rotatable bonds is 9. The minimum absolute atomic E-state index is 0.0842. The molecule has 6 nitrogen and oxygen atoms in total. The SMILES string of the molecule is O=C1N(NCS(=O)[O-])C[C@H](c2ccc(C3CC3)cc2)N1CCCc1ccccc1. The van der Waals surface area contributed by atoms with E-state index in [9.17, 15) is 13.6 Å². The maximum atomic E-state index is 12.9. The van der Waals surface area contributed by atoms with E-state index in [-0.39, 0.29) is 17.9 Å². The zero-order valence-electron chi connectivity index (χ0n) is 16.3. The maximum Gasteiger partial charge on any atom is 0.335 e. The second kappa shape index (κ2) is 9.07. The summed E-state index contributed by atoms with van der Waals surface area (Å²) in [6, 6.07) is 18.6. The topological polar surface area (TPSA) is 75.7 Å². The number of hydrogen-bond donors (Lipinski definition) is 1. The van der Waals surface area contributed by atoms with Crippen LogP contribution >= 0.6 is 0 Å². The summed E-state index contributed by atoms with van der Waals surface area (Å²) in [5.41, 5.74) is 6.45. The molecular weight excluding hydrogens is 386 g/mol. The Morgan fingerprint density at radius 2 is 1.72 bits per heavy atom. The molecule has 0 bridgehead atoms. The average molecular weight is 413 g/mol. The van der Waals surface area contributed by atoms with Gasteiger partial charge in [-0.15, -0.1) is 0 Å². The van der Waals surface area contributed by atoms with Crippen LogP contribution in [0.15, 0.2) is 54.6 Å². The summed E-state index contributed by atoms with van der Waals surface area (Å²) in [5.74, 6) is 0.429. The van der Waals surface area contributed by atoms with Gasteiger partial charge in [0.25, 0.3) is 0 Å². The van der Waals surface area contributed by atoms with Crippen molar-refractivity contribution in [2.45, 2.75) is 37.6 Å². The van der Waals surface area contributed by atoms with E-state index in [1.807, 2.05) is 23.1 Å².